The Balaban J connectivity index is 2.18. The van der Waals surface area contributed by atoms with E-state index in [-0.39, 0.29) is 17.2 Å². The monoisotopic (exact) mass is 272 g/mol. The van der Waals surface area contributed by atoms with E-state index in [1.54, 1.807) is 13.8 Å². The third-order valence-corrected chi connectivity index (χ3v) is 2.56. The summed E-state index contributed by atoms with van der Waals surface area (Å²) >= 11 is 0. The van der Waals surface area contributed by atoms with Crippen molar-refractivity contribution in [3.05, 3.63) is 35.4 Å². The molecule has 0 fully saturated rings. The van der Waals surface area contributed by atoms with Gasteiger partial charge >= 0.3 is 17.8 Å². The van der Waals surface area contributed by atoms with Crippen molar-refractivity contribution in [3.8, 4) is 0 Å². The second kappa shape index (κ2) is 4.32. The first-order valence-corrected chi connectivity index (χ1v) is 5.58. The number of halogens is 3. The van der Waals surface area contributed by atoms with Gasteiger partial charge in [0, 0.05) is 5.56 Å². The molecule has 4 nitrogen and oxygen atoms in total. The van der Waals surface area contributed by atoms with Gasteiger partial charge in [-0.25, -0.2) is 4.79 Å². The number of ether oxygens (including phenoxy) is 1. The zero-order valence-corrected chi connectivity index (χ0v) is 10.2. The molecule has 0 aliphatic carbocycles. The minimum Gasteiger partial charge on any atom is -0.459 e. The lowest BCUT2D eigenvalue weighted by Gasteiger charge is -2.15. The summed E-state index contributed by atoms with van der Waals surface area (Å²) in [4.78, 5) is 11.5. The van der Waals surface area contributed by atoms with Gasteiger partial charge in [-0.15, -0.1) is 10.2 Å². The van der Waals surface area contributed by atoms with Crippen molar-refractivity contribution < 1.29 is 22.7 Å². The largest absolute Gasteiger partial charge is 0.459 e. The normalized spacial score (nSPS) is 16.5. The van der Waals surface area contributed by atoms with Gasteiger partial charge in [0.2, 0.25) is 0 Å². The summed E-state index contributed by atoms with van der Waals surface area (Å²) in [6, 6.07) is 4.92. The second-order valence-electron chi connectivity index (χ2n) is 4.40. The molecule has 0 N–H and O–H groups in total. The molecule has 1 heterocycles. The van der Waals surface area contributed by atoms with Crippen molar-refractivity contribution in [3.63, 3.8) is 0 Å². The smallest absolute Gasteiger partial charge is 0.442 e. The molecule has 0 spiro atoms. The molecule has 2 rings (SSSR count). The molecule has 1 aromatic carbocycles. The van der Waals surface area contributed by atoms with Gasteiger partial charge in [0.1, 0.15) is 0 Å². The first-order valence-electron chi connectivity index (χ1n) is 5.58. The molecule has 1 aliphatic heterocycles. The Morgan fingerprint density at radius 3 is 2.11 bits per heavy atom. The Hall–Kier alpha value is -1.92. The molecule has 102 valence electrons. The van der Waals surface area contributed by atoms with Crippen LogP contribution in [0.2, 0.25) is 0 Å². The number of benzene rings is 1. The minimum atomic E-state index is -4.56. The summed E-state index contributed by atoms with van der Waals surface area (Å²) < 4.78 is 43.1. The third kappa shape index (κ3) is 2.45. The highest BCUT2D eigenvalue weighted by Crippen LogP contribution is 2.52. The SMILES string of the molecule is CC(C)OC(=O)c1ccc(C2(C(F)(F)F)N=N2)cc1. The van der Waals surface area contributed by atoms with Gasteiger partial charge in [-0.2, -0.15) is 13.2 Å². The molecule has 19 heavy (non-hydrogen) atoms. The first kappa shape index (κ1) is 13.5. The highest BCUT2D eigenvalue weighted by Gasteiger charge is 2.65. The van der Waals surface area contributed by atoms with Gasteiger partial charge < -0.3 is 4.74 Å². The number of carbonyl (C=O) groups is 1. The van der Waals surface area contributed by atoms with Crippen molar-refractivity contribution in [2.45, 2.75) is 31.8 Å². The molecule has 1 aliphatic rings. The number of rotatable bonds is 3. The zero-order chi connectivity index (χ0) is 14.3. The van der Waals surface area contributed by atoms with Gasteiger partial charge in [0.15, 0.2) is 0 Å². The molecule has 0 aromatic heterocycles. The van der Waals surface area contributed by atoms with E-state index in [9.17, 15) is 18.0 Å². The summed E-state index contributed by atoms with van der Waals surface area (Å²) in [5, 5.41) is 6.16. The molecule has 0 amide bonds. The van der Waals surface area contributed by atoms with Gasteiger partial charge in [-0.1, -0.05) is 12.1 Å². The van der Waals surface area contributed by atoms with E-state index in [2.05, 4.69) is 10.2 Å². The van der Waals surface area contributed by atoms with Crippen LogP contribution in [0, 0.1) is 0 Å². The van der Waals surface area contributed by atoms with Crippen molar-refractivity contribution in [1.29, 1.82) is 0 Å². The summed E-state index contributed by atoms with van der Waals surface area (Å²) in [5.41, 5.74) is -2.37. The van der Waals surface area contributed by atoms with Crippen LogP contribution in [0.3, 0.4) is 0 Å². The summed E-state index contributed by atoms with van der Waals surface area (Å²) in [5.74, 6) is -0.577. The number of hydrogen-bond acceptors (Lipinski definition) is 4. The van der Waals surface area contributed by atoms with Gasteiger partial charge in [-0.3, -0.25) is 0 Å². The maximum atomic E-state index is 12.7. The standard InChI is InChI=1S/C12H11F3N2O2/c1-7(2)19-10(18)8-3-5-9(6-4-8)11(16-17-11)12(13,14)15/h3-7H,1-2H3. The summed E-state index contributed by atoms with van der Waals surface area (Å²) in [6.07, 6.45) is -4.85. The number of esters is 1. The number of carbonyl (C=O) groups excluding carboxylic acids is 1. The fourth-order valence-electron chi connectivity index (χ4n) is 1.56. The molecule has 0 atom stereocenters. The Labute approximate surface area is 107 Å². The first-order chi connectivity index (χ1) is 8.76. The second-order valence-corrected chi connectivity index (χ2v) is 4.40. The molecule has 0 radical (unpaired) electrons. The van der Waals surface area contributed by atoms with E-state index in [4.69, 9.17) is 4.74 Å². The average Bonchev–Trinajstić information content (AvgIpc) is 3.08. The topological polar surface area (TPSA) is 51.0 Å². The Bertz CT molecular complexity index is 515. The van der Waals surface area contributed by atoms with E-state index < -0.39 is 17.8 Å². The lowest BCUT2D eigenvalue weighted by atomic mass is 10.0. The zero-order valence-electron chi connectivity index (χ0n) is 10.2. The quantitative estimate of drug-likeness (QED) is 0.791. The van der Waals surface area contributed by atoms with Crippen LogP contribution in [0.15, 0.2) is 34.5 Å². The molecule has 0 saturated heterocycles. The van der Waals surface area contributed by atoms with Gasteiger partial charge in [0.05, 0.1) is 11.7 Å². The lowest BCUT2D eigenvalue weighted by molar-refractivity contribution is -0.166. The highest BCUT2D eigenvalue weighted by molar-refractivity contribution is 5.89. The van der Waals surface area contributed by atoms with Crippen molar-refractivity contribution >= 4 is 5.97 Å². The number of hydrogen-bond donors (Lipinski definition) is 0. The maximum Gasteiger partial charge on any atom is 0.442 e. The van der Waals surface area contributed by atoms with E-state index in [0.29, 0.717) is 0 Å². The molecule has 0 saturated carbocycles. The predicted octanol–water partition coefficient (Wildman–Crippen LogP) is 3.43. The highest BCUT2D eigenvalue weighted by atomic mass is 19.4. The van der Waals surface area contributed by atoms with Crippen molar-refractivity contribution in [2.75, 3.05) is 0 Å². The van der Waals surface area contributed by atoms with Gasteiger partial charge in [0.25, 0.3) is 0 Å². The lowest BCUT2D eigenvalue weighted by Crippen LogP contribution is -2.30. The van der Waals surface area contributed by atoms with E-state index in [1.807, 2.05) is 0 Å². The molecule has 0 unspecified atom stereocenters. The maximum absolute atomic E-state index is 12.7. The Morgan fingerprint density at radius 1 is 1.21 bits per heavy atom. The summed E-state index contributed by atoms with van der Waals surface area (Å²) in [6.45, 7) is 3.37. The van der Waals surface area contributed by atoms with Crippen molar-refractivity contribution in [2.24, 2.45) is 10.2 Å². The Morgan fingerprint density at radius 2 is 1.74 bits per heavy atom. The molecule has 7 heteroatoms. The molecule has 1 aromatic rings. The van der Waals surface area contributed by atoms with Crippen LogP contribution in [0.4, 0.5) is 13.2 Å². The predicted molar refractivity (Wildman–Crippen MR) is 59.6 cm³/mol. The average molecular weight is 272 g/mol. The number of alkyl halides is 3. The van der Waals surface area contributed by atoms with Crippen LogP contribution >= 0.6 is 0 Å². The third-order valence-electron chi connectivity index (χ3n) is 2.56. The molecular weight excluding hydrogens is 261 g/mol. The van der Waals surface area contributed by atoms with Crippen LogP contribution in [0.5, 0.6) is 0 Å². The number of nitrogens with zero attached hydrogens (tertiary/aromatic N) is 2. The summed E-state index contributed by atoms with van der Waals surface area (Å²) in [7, 11) is 0. The van der Waals surface area contributed by atoms with Crippen LogP contribution < -0.4 is 0 Å². The fraction of sp³-hybridized carbons (Fsp3) is 0.417. The minimum absolute atomic E-state index is 0.110. The van der Waals surface area contributed by atoms with Crippen LogP contribution in [-0.4, -0.2) is 18.2 Å². The van der Waals surface area contributed by atoms with E-state index in [1.165, 1.54) is 24.3 Å². The Kier molecular flexibility index (Phi) is 3.07. The van der Waals surface area contributed by atoms with Crippen LogP contribution in [0.1, 0.15) is 29.8 Å². The van der Waals surface area contributed by atoms with Crippen LogP contribution in [-0.2, 0) is 10.4 Å². The van der Waals surface area contributed by atoms with Crippen molar-refractivity contribution in [1.82, 2.24) is 0 Å². The molecular formula is C12H11F3N2O2. The van der Waals surface area contributed by atoms with E-state index >= 15 is 0 Å². The van der Waals surface area contributed by atoms with Gasteiger partial charge in [-0.05, 0) is 26.0 Å². The molecule has 0 bridgehead atoms. The van der Waals surface area contributed by atoms with E-state index in [0.717, 1.165) is 0 Å². The fourth-order valence-corrected chi connectivity index (χ4v) is 1.56. The van der Waals surface area contributed by atoms with Crippen LogP contribution in [0.25, 0.3) is 0 Å².